The average molecular weight is 347 g/mol. The predicted octanol–water partition coefficient (Wildman–Crippen LogP) is 3.99. The summed E-state index contributed by atoms with van der Waals surface area (Å²) in [5, 5.41) is 6.66. The maximum atomic E-state index is 12.5. The van der Waals surface area contributed by atoms with E-state index in [1.807, 2.05) is 38.1 Å². The molecular weight excluding hydrogens is 326 g/mol. The molecule has 0 bridgehead atoms. The van der Waals surface area contributed by atoms with Crippen molar-refractivity contribution in [2.24, 2.45) is 0 Å². The van der Waals surface area contributed by atoms with Crippen molar-refractivity contribution in [1.82, 2.24) is 4.98 Å². The number of benzene rings is 2. The Morgan fingerprint density at radius 3 is 2.19 bits per heavy atom. The summed E-state index contributed by atoms with van der Waals surface area (Å²) in [5.74, 6) is -0.225. The fraction of sp³-hybridized carbons (Fsp3) is 0.190. The van der Waals surface area contributed by atoms with E-state index in [9.17, 15) is 9.59 Å². The highest BCUT2D eigenvalue weighted by Gasteiger charge is 2.13. The van der Waals surface area contributed by atoms with Gasteiger partial charge in [0.25, 0.3) is 0 Å². The van der Waals surface area contributed by atoms with Gasteiger partial charge < -0.3 is 10.6 Å². The van der Waals surface area contributed by atoms with Gasteiger partial charge in [-0.05, 0) is 55.3 Å². The van der Waals surface area contributed by atoms with E-state index < -0.39 is 0 Å². The fourth-order valence-corrected chi connectivity index (χ4v) is 3.04. The van der Waals surface area contributed by atoms with Gasteiger partial charge in [0, 0.05) is 29.4 Å². The van der Waals surface area contributed by atoms with Gasteiger partial charge in [-0.15, -0.1) is 0 Å². The molecular formula is C21H21N3O2. The van der Waals surface area contributed by atoms with Crippen LogP contribution in [0.2, 0.25) is 0 Å². The molecule has 26 heavy (non-hydrogen) atoms. The van der Waals surface area contributed by atoms with E-state index in [4.69, 9.17) is 0 Å². The number of anilines is 2. The lowest BCUT2D eigenvalue weighted by atomic mass is 9.99. The Morgan fingerprint density at radius 1 is 0.923 bits per heavy atom. The number of nitrogens with zero attached hydrogens (tertiary/aromatic N) is 1. The maximum Gasteiger partial charge on any atom is 0.228 e. The lowest BCUT2D eigenvalue weighted by Crippen LogP contribution is -2.16. The van der Waals surface area contributed by atoms with Gasteiger partial charge in [-0.3, -0.25) is 14.6 Å². The van der Waals surface area contributed by atoms with Gasteiger partial charge in [-0.25, -0.2) is 0 Å². The number of fused-ring (bicyclic) bond motifs is 1. The van der Waals surface area contributed by atoms with E-state index in [1.165, 1.54) is 6.92 Å². The Morgan fingerprint density at radius 2 is 1.54 bits per heavy atom. The molecule has 0 atom stereocenters. The second-order valence-electron chi connectivity index (χ2n) is 6.30. The average Bonchev–Trinajstić information content (AvgIpc) is 2.60. The molecule has 0 saturated heterocycles. The summed E-state index contributed by atoms with van der Waals surface area (Å²) in [6.07, 6.45) is 0.267. The van der Waals surface area contributed by atoms with Crippen molar-refractivity contribution in [2.45, 2.75) is 27.2 Å². The van der Waals surface area contributed by atoms with Crippen LogP contribution in [0, 0.1) is 13.8 Å². The van der Waals surface area contributed by atoms with Gasteiger partial charge in [0.15, 0.2) is 0 Å². The molecule has 3 rings (SSSR count). The quantitative estimate of drug-likeness (QED) is 0.749. The largest absolute Gasteiger partial charge is 0.326 e. The number of hydrogen-bond donors (Lipinski definition) is 2. The monoisotopic (exact) mass is 347 g/mol. The van der Waals surface area contributed by atoms with Gasteiger partial charge in [0.1, 0.15) is 0 Å². The normalized spacial score (nSPS) is 10.6. The minimum Gasteiger partial charge on any atom is -0.326 e. The van der Waals surface area contributed by atoms with E-state index in [-0.39, 0.29) is 18.2 Å². The minimum absolute atomic E-state index is 0.0967. The van der Waals surface area contributed by atoms with Gasteiger partial charge in [-0.1, -0.05) is 18.2 Å². The zero-order chi connectivity index (χ0) is 18.7. The van der Waals surface area contributed by atoms with E-state index in [1.54, 1.807) is 24.3 Å². The van der Waals surface area contributed by atoms with Gasteiger partial charge in [0.2, 0.25) is 11.8 Å². The SMILES string of the molecule is CC(=O)Nc1ccc(NC(=O)Cc2c(C)nc3ccccc3c2C)cc1. The fourth-order valence-electron chi connectivity index (χ4n) is 3.04. The van der Waals surface area contributed by atoms with Gasteiger partial charge in [0.05, 0.1) is 11.9 Å². The number of para-hydroxylation sites is 1. The Hall–Kier alpha value is -3.21. The summed E-state index contributed by atoms with van der Waals surface area (Å²) in [7, 11) is 0. The van der Waals surface area contributed by atoms with Crippen molar-refractivity contribution < 1.29 is 9.59 Å². The molecule has 0 spiro atoms. The van der Waals surface area contributed by atoms with Crippen LogP contribution in [-0.4, -0.2) is 16.8 Å². The van der Waals surface area contributed by atoms with Crippen LogP contribution < -0.4 is 10.6 Å². The molecule has 2 amide bonds. The van der Waals surface area contributed by atoms with E-state index in [0.29, 0.717) is 11.4 Å². The van der Waals surface area contributed by atoms with Crippen LogP contribution in [0.15, 0.2) is 48.5 Å². The zero-order valence-corrected chi connectivity index (χ0v) is 15.1. The van der Waals surface area contributed by atoms with Gasteiger partial charge >= 0.3 is 0 Å². The molecule has 1 aromatic heterocycles. The molecule has 132 valence electrons. The number of aryl methyl sites for hydroxylation is 2. The van der Waals surface area contributed by atoms with E-state index in [0.717, 1.165) is 27.7 Å². The summed E-state index contributed by atoms with van der Waals surface area (Å²) in [6, 6.07) is 15.0. The highest BCUT2D eigenvalue weighted by Crippen LogP contribution is 2.23. The molecule has 2 aromatic carbocycles. The Balaban J connectivity index is 1.76. The number of carbonyl (C=O) groups is 2. The van der Waals surface area contributed by atoms with Crippen LogP contribution in [0.5, 0.6) is 0 Å². The zero-order valence-electron chi connectivity index (χ0n) is 15.1. The molecule has 2 N–H and O–H groups in total. The topological polar surface area (TPSA) is 71.1 Å². The molecule has 5 heteroatoms. The molecule has 0 unspecified atom stereocenters. The molecule has 0 aliphatic heterocycles. The molecule has 0 saturated carbocycles. The van der Waals surface area contributed by atoms with Crippen molar-refractivity contribution in [3.63, 3.8) is 0 Å². The van der Waals surface area contributed by atoms with Crippen LogP contribution in [0.4, 0.5) is 11.4 Å². The first-order chi connectivity index (χ1) is 12.4. The Labute approximate surface area is 152 Å². The molecule has 3 aromatic rings. The van der Waals surface area contributed by atoms with Crippen molar-refractivity contribution in [2.75, 3.05) is 10.6 Å². The third-order valence-electron chi connectivity index (χ3n) is 4.31. The van der Waals surface area contributed by atoms with Crippen LogP contribution in [0.3, 0.4) is 0 Å². The second-order valence-corrected chi connectivity index (χ2v) is 6.30. The number of carbonyl (C=O) groups excluding carboxylic acids is 2. The van der Waals surface area contributed by atoms with E-state index >= 15 is 0 Å². The summed E-state index contributed by atoms with van der Waals surface area (Å²) in [4.78, 5) is 28.1. The first-order valence-electron chi connectivity index (χ1n) is 8.46. The number of amides is 2. The molecule has 0 aliphatic carbocycles. The third kappa shape index (κ3) is 3.88. The lowest BCUT2D eigenvalue weighted by molar-refractivity contribution is -0.116. The minimum atomic E-state index is -0.128. The number of rotatable bonds is 4. The van der Waals surface area contributed by atoms with Crippen LogP contribution in [0.25, 0.3) is 10.9 Å². The number of aromatic nitrogens is 1. The standard InChI is InChI=1S/C21H21N3O2/c1-13-18-6-4-5-7-20(18)22-14(2)19(13)12-21(26)24-17-10-8-16(9-11-17)23-15(3)25/h4-11H,12H2,1-3H3,(H,23,25)(H,24,26). The first kappa shape index (κ1) is 17.6. The summed E-state index contributed by atoms with van der Waals surface area (Å²) in [6.45, 7) is 5.42. The smallest absolute Gasteiger partial charge is 0.228 e. The van der Waals surface area contributed by atoms with Crippen molar-refractivity contribution >= 4 is 34.1 Å². The van der Waals surface area contributed by atoms with Crippen LogP contribution in [0.1, 0.15) is 23.7 Å². The van der Waals surface area contributed by atoms with Crippen molar-refractivity contribution in [3.05, 3.63) is 65.4 Å². The van der Waals surface area contributed by atoms with Crippen LogP contribution in [-0.2, 0) is 16.0 Å². The van der Waals surface area contributed by atoms with E-state index in [2.05, 4.69) is 15.6 Å². The molecule has 0 aliphatic rings. The maximum absolute atomic E-state index is 12.5. The Kier molecular flexibility index (Phi) is 4.98. The van der Waals surface area contributed by atoms with Crippen molar-refractivity contribution in [1.29, 1.82) is 0 Å². The molecule has 1 heterocycles. The highest BCUT2D eigenvalue weighted by atomic mass is 16.2. The summed E-state index contributed by atoms with van der Waals surface area (Å²) < 4.78 is 0. The molecule has 0 fully saturated rings. The van der Waals surface area contributed by atoms with Crippen LogP contribution >= 0.6 is 0 Å². The predicted molar refractivity (Wildman–Crippen MR) is 104 cm³/mol. The molecule has 0 radical (unpaired) electrons. The highest BCUT2D eigenvalue weighted by molar-refractivity contribution is 5.94. The number of pyridine rings is 1. The molecule has 5 nitrogen and oxygen atoms in total. The number of nitrogens with one attached hydrogen (secondary N) is 2. The Bertz CT molecular complexity index is 978. The lowest BCUT2D eigenvalue weighted by Gasteiger charge is -2.13. The van der Waals surface area contributed by atoms with Gasteiger partial charge in [-0.2, -0.15) is 0 Å². The number of hydrogen-bond acceptors (Lipinski definition) is 3. The summed E-state index contributed by atoms with van der Waals surface area (Å²) >= 11 is 0. The third-order valence-corrected chi connectivity index (χ3v) is 4.31. The first-order valence-corrected chi connectivity index (χ1v) is 8.46. The second kappa shape index (κ2) is 7.35. The van der Waals surface area contributed by atoms with Crippen molar-refractivity contribution in [3.8, 4) is 0 Å². The summed E-state index contributed by atoms with van der Waals surface area (Å²) in [5.41, 5.74) is 5.24.